The molecule has 9 atom stereocenters. The molecule has 1 aliphatic heterocycles. The number of hydrogen-bond acceptors (Lipinski definition) is 10. The predicted molar refractivity (Wildman–Crippen MR) is 224 cm³/mol. The molecule has 1 heterocycles. The highest BCUT2D eigenvalue weighted by Gasteiger charge is 2.44. The zero-order valence-corrected chi connectivity index (χ0v) is 35.1. The summed E-state index contributed by atoms with van der Waals surface area (Å²) < 4.78 is 11.1. The Labute approximate surface area is 339 Å². The number of rotatable bonds is 36. The first-order chi connectivity index (χ1) is 27.2. The van der Waals surface area contributed by atoms with Gasteiger partial charge in [-0.2, -0.15) is 0 Å². The number of carbonyl (C=O) groups excluding carboxylic acids is 1. The van der Waals surface area contributed by atoms with Crippen LogP contribution in [0.4, 0.5) is 0 Å². The molecule has 0 aromatic carbocycles. The van der Waals surface area contributed by atoms with Gasteiger partial charge in [0, 0.05) is 0 Å². The maximum atomic E-state index is 13.0. The van der Waals surface area contributed by atoms with Crippen LogP contribution < -0.4 is 5.32 Å². The molecule has 11 nitrogen and oxygen atoms in total. The quantitative estimate of drug-likeness (QED) is 0.0247. The van der Waals surface area contributed by atoms with Crippen LogP contribution in [0, 0.1) is 0 Å². The minimum atomic E-state index is -1.67. The molecule has 9 unspecified atom stereocenters. The minimum Gasteiger partial charge on any atom is -0.394 e. The highest BCUT2D eigenvalue weighted by Crippen LogP contribution is 2.23. The molecule has 0 bridgehead atoms. The summed E-state index contributed by atoms with van der Waals surface area (Å²) in [4.78, 5) is 13.0. The van der Waals surface area contributed by atoms with Crippen molar-refractivity contribution in [3.05, 3.63) is 36.5 Å². The van der Waals surface area contributed by atoms with E-state index >= 15 is 0 Å². The molecule has 1 fully saturated rings. The maximum absolute atomic E-state index is 13.0. The monoisotopic (exact) mass is 798 g/mol. The van der Waals surface area contributed by atoms with Crippen molar-refractivity contribution in [3.63, 3.8) is 0 Å². The van der Waals surface area contributed by atoms with Crippen molar-refractivity contribution in [2.24, 2.45) is 0 Å². The Morgan fingerprint density at radius 2 is 1.07 bits per heavy atom. The Kier molecular flexibility index (Phi) is 33.0. The first-order valence-electron chi connectivity index (χ1n) is 22.4. The number of unbranched alkanes of at least 4 members (excludes halogenated alkanes) is 18. The number of nitrogens with one attached hydrogen (secondary N) is 1. The molecule has 0 aliphatic carbocycles. The summed E-state index contributed by atoms with van der Waals surface area (Å²) in [6, 6.07) is -1.19. The maximum Gasteiger partial charge on any atom is 0.249 e. The van der Waals surface area contributed by atoms with Crippen LogP contribution in [0.25, 0.3) is 0 Å². The molecule has 56 heavy (non-hydrogen) atoms. The van der Waals surface area contributed by atoms with Crippen molar-refractivity contribution in [1.82, 2.24) is 5.32 Å². The molecule has 1 aliphatic rings. The Bertz CT molecular complexity index is 1010. The standard InChI is InChI=1S/C45H83NO10/c1-3-5-7-9-11-13-15-17-19-21-22-24-26-28-30-32-37(48)40(50)36(35-55-45-43(53)42(52)41(51)39(34-47)56-45)46-44(54)38(49)33-31-29-27-25-23-20-18-16-14-12-10-8-6-4-2/h9,11,17,19,24,26,36-43,45,47-53H,3-8,10,12-16,18,20-23,25,27-35H2,1-2H3,(H,46,54)/b11-9+,19-17+,26-24+. The van der Waals surface area contributed by atoms with Crippen molar-refractivity contribution < 1.29 is 50.0 Å². The second-order valence-corrected chi connectivity index (χ2v) is 15.7. The molecule has 8 N–H and O–H groups in total. The smallest absolute Gasteiger partial charge is 0.249 e. The minimum absolute atomic E-state index is 0.241. The van der Waals surface area contributed by atoms with Gasteiger partial charge in [-0.3, -0.25) is 4.79 Å². The van der Waals surface area contributed by atoms with Crippen molar-refractivity contribution in [3.8, 4) is 0 Å². The van der Waals surface area contributed by atoms with Crippen molar-refractivity contribution >= 4 is 5.91 Å². The van der Waals surface area contributed by atoms with Crippen molar-refractivity contribution in [1.29, 1.82) is 0 Å². The fraction of sp³-hybridized carbons (Fsp3) is 0.844. The van der Waals surface area contributed by atoms with Crippen LogP contribution in [0.3, 0.4) is 0 Å². The van der Waals surface area contributed by atoms with Crippen LogP contribution in [0.2, 0.25) is 0 Å². The van der Waals surface area contributed by atoms with Gasteiger partial charge in [0.25, 0.3) is 0 Å². The van der Waals surface area contributed by atoms with Crippen LogP contribution in [-0.2, 0) is 14.3 Å². The van der Waals surface area contributed by atoms with Crippen LogP contribution in [-0.4, -0.2) is 110 Å². The summed E-state index contributed by atoms with van der Waals surface area (Å²) in [5.41, 5.74) is 0. The van der Waals surface area contributed by atoms with Crippen LogP contribution in [0.15, 0.2) is 36.5 Å². The zero-order valence-electron chi connectivity index (χ0n) is 35.1. The molecule has 1 amide bonds. The van der Waals surface area contributed by atoms with Crippen LogP contribution >= 0.6 is 0 Å². The molecule has 0 aromatic rings. The van der Waals surface area contributed by atoms with E-state index in [1.165, 1.54) is 77.0 Å². The summed E-state index contributed by atoms with van der Waals surface area (Å²) in [5.74, 6) is -0.714. The van der Waals surface area contributed by atoms with Crippen molar-refractivity contribution in [2.45, 2.75) is 229 Å². The van der Waals surface area contributed by atoms with Gasteiger partial charge in [0.2, 0.25) is 5.91 Å². The molecule has 0 aromatic heterocycles. The Morgan fingerprint density at radius 1 is 0.607 bits per heavy atom. The average Bonchev–Trinajstić information content (AvgIpc) is 3.20. The molecular formula is C45H83NO10. The zero-order chi connectivity index (χ0) is 41.2. The van der Waals surface area contributed by atoms with Crippen LogP contribution in [0.5, 0.6) is 0 Å². The molecule has 0 radical (unpaired) electrons. The van der Waals surface area contributed by atoms with E-state index in [4.69, 9.17) is 9.47 Å². The normalized spacial score (nSPS) is 22.6. The highest BCUT2D eigenvalue weighted by atomic mass is 16.7. The Hall–Kier alpha value is -1.67. The third kappa shape index (κ3) is 25.0. The number of aliphatic hydroxyl groups excluding tert-OH is 7. The largest absolute Gasteiger partial charge is 0.394 e. The fourth-order valence-electron chi connectivity index (χ4n) is 6.87. The van der Waals surface area contributed by atoms with Crippen LogP contribution in [0.1, 0.15) is 174 Å². The van der Waals surface area contributed by atoms with E-state index < -0.39 is 74.2 Å². The van der Waals surface area contributed by atoms with E-state index in [0.29, 0.717) is 19.3 Å². The topological polar surface area (TPSA) is 189 Å². The van der Waals surface area contributed by atoms with Gasteiger partial charge in [0.15, 0.2) is 6.29 Å². The summed E-state index contributed by atoms with van der Waals surface area (Å²) >= 11 is 0. The molecular weight excluding hydrogens is 714 g/mol. The van der Waals surface area contributed by atoms with Gasteiger partial charge < -0.3 is 50.5 Å². The summed E-state index contributed by atoms with van der Waals surface area (Å²) in [6.07, 6.45) is 27.6. The lowest BCUT2D eigenvalue weighted by molar-refractivity contribution is -0.303. The molecule has 1 saturated heterocycles. The third-order valence-electron chi connectivity index (χ3n) is 10.7. The fourth-order valence-corrected chi connectivity index (χ4v) is 6.87. The highest BCUT2D eigenvalue weighted by molar-refractivity contribution is 5.80. The summed E-state index contributed by atoms with van der Waals surface area (Å²) in [5, 5.41) is 75.5. The van der Waals surface area contributed by atoms with Gasteiger partial charge in [-0.25, -0.2) is 0 Å². The first-order valence-corrected chi connectivity index (χ1v) is 22.4. The lowest BCUT2D eigenvalue weighted by Crippen LogP contribution is -2.60. The van der Waals surface area contributed by atoms with Gasteiger partial charge in [-0.05, 0) is 57.8 Å². The van der Waals surface area contributed by atoms with E-state index in [1.54, 1.807) is 0 Å². The molecule has 328 valence electrons. The van der Waals surface area contributed by atoms with E-state index in [-0.39, 0.29) is 12.8 Å². The van der Waals surface area contributed by atoms with E-state index in [9.17, 15) is 40.5 Å². The first kappa shape index (κ1) is 52.3. The second kappa shape index (κ2) is 35.3. The van der Waals surface area contributed by atoms with E-state index in [1.807, 2.05) is 0 Å². The van der Waals surface area contributed by atoms with Gasteiger partial charge in [0.1, 0.15) is 36.6 Å². The molecule has 0 spiro atoms. The van der Waals surface area contributed by atoms with Gasteiger partial charge >= 0.3 is 0 Å². The Morgan fingerprint density at radius 3 is 1.57 bits per heavy atom. The summed E-state index contributed by atoms with van der Waals surface area (Å²) in [6.45, 7) is 3.36. The number of allylic oxidation sites excluding steroid dienone is 6. The molecule has 11 heteroatoms. The van der Waals surface area contributed by atoms with Gasteiger partial charge in [-0.15, -0.1) is 0 Å². The Balaban J connectivity index is 2.52. The average molecular weight is 798 g/mol. The van der Waals surface area contributed by atoms with E-state index in [0.717, 1.165) is 51.4 Å². The SMILES string of the molecule is CCCC/C=C/CC/C=C/CC/C=C/CCCC(O)C(O)C(COC1OC(CO)C(O)C(O)C1O)NC(=O)C(O)CCCCCCCCCCCCCCCC. The number of hydrogen-bond donors (Lipinski definition) is 8. The number of aliphatic hydroxyl groups is 7. The third-order valence-corrected chi connectivity index (χ3v) is 10.7. The summed E-state index contributed by atoms with van der Waals surface area (Å²) in [7, 11) is 0. The molecule has 0 saturated carbocycles. The predicted octanol–water partition coefficient (Wildman–Crippen LogP) is 6.83. The van der Waals surface area contributed by atoms with Gasteiger partial charge in [-0.1, -0.05) is 153 Å². The molecule has 1 rings (SSSR count). The number of carbonyl (C=O) groups is 1. The van der Waals surface area contributed by atoms with Crippen molar-refractivity contribution in [2.75, 3.05) is 13.2 Å². The van der Waals surface area contributed by atoms with Gasteiger partial charge in [0.05, 0.1) is 25.4 Å². The second-order valence-electron chi connectivity index (χ2n) is 15.7. The number of amides is 1. The van der Waals surface area contributed by atoms with E-state index in [2.05, 4.69) is 55.6 Å². The lowest BCUT2D eigenvalue weighted by Gasteiger charge is -2.40. The number of ether oxygens (including phenoxy) is 2. The lowest BCUT2D eigenvalue weighted by atomic mass is 9.98.